The Labute approximate surface area is 221 Å². The minimum Gasteiger partial charge on any atom is -0.509 e. The number of hydrogen-bond acceptors (Lipinski definition) is 7. The van der Waals surface area contributed by atoms with Gasteiger partial charge in [0.15, 0.2) is 6.61 Å². The fourth-order valence-corrected chi connectivity index (χ4v) is 6.39. The van der Waals surface area contributed by atoms with Gasteiger partial charge < -0.3 is 24.4 Å². The van der Waals surface area contributed by atoms with Crippen LogP contribution >= 0.6 is 0 Å². The fraction of sp³-hybridized carbons (Fsp3) is 0.370. The lowest BCUT2D eigenvalue weighted by Gasteiger charge is -2.28. The number of ether oxygens (including phenoxy) is 2. The molecule has 0 saturated carbocycles. The molecule has 200 valence electrons. The van der Waals surface area contributed by atoms with Crippen molar-refractivity contribution in [1.29, 1.82) is 0 Å². The molecule has 1 saturated heterocycles. The number of sulfonamides is 1. The molecule has 3 heterocycles. The minimum absolute atomic E-state index is 0.0325. The highest BCUT2D eigenvalue weighted by atomic mass is 32.2. The van der Waals surface area contributed by atoms with E-state index < -0.39 is 22.0 Å². The van der Waals surface area contributed by atoms with Crippen molar-refractivity contribution in [1.82, 2.24) is 9.80 Å². The molecule has 1 fully saturated rings. The minimum atomic E-state index is -4.25. The molecule has 0 aromatic heterocycles. The number of fused-ring (bicyclic) bond motifs is 1. The molecule has 0 radical (unpaired) electrons. The number of aliphatic hydroxyl groups excluding tert-OH is 1. The Morgan fingerprint density at radius 3 is 2.53 bits per heavy atom. The van der Waals surface area contributed by atoms with Crippen LogP contribution < -0.4 is 4.74 Å². The van der Waals surface area contributed by atoms with E-state index >= 15 is 0 Å². The van der Waals surface area contributed by atoms with Gasteiger partial charge in [0.2, 0.25) is 0 Å². The van der Waals surface area contributed by atoms with Crippen LogP contribution in [0.1, 0.15) is 25.0 Å². The molecule has 0 aliphatic carbocycles. The van der Waals surface area contributed by atoms with Gasteiger partial charge in [0, 0.05) is 25.2 Å². The van der Waals surface area contributed by atoms with Gasteiger partial charge in [-0.15, -0.1) is 0 Å². The zero-order valence-electron chi connectivity index (χ0n) is 21.2. The Hall–Kier alpha value is -3.70. The fourth-order valence-electron chi connectivity index (χ4n) is 5.04. The van der Waals surface area contributed by atoms with Crippen LogP contribution in [-0.2, 0) is 30.9 Å². The van der Waals surface area contributed by atoms with Gasteiger partial charge in [-0.25, -0.2) is 0 Å². The lowest BCUT2D eigenvalue weighted by atomic mass is 9.98. The second kappa shape index (κ2) is 10.2. The lowest BCUT2D eigenvalue weighted by molar-refractivity contribution is -0.137. The molecule has 3 aliphatic rings. The number of aliphatic hydroxyl groups is 1. The monoisotopic (exact) mass is 539 g/mol. The molecule has 38 heavy (non-hydrogen) atoms. The van der Waals surface area contributed by atoms with Crippen LogP contribution in [0.4, 0.5) is 0 Å². The summed E-state index contributed by atoms with van der Waals surface area (Å²) in [6.45, 7) is 5.40. The molecule has 10 nitrogen and oxygen atoms in total. The Kier molecular flexibility index (Phi) is 6.97. The molecule has 3 aliphatic heterocycles. The number of hydrogen-bond donors (Lipinski definition) is 1. The second-order valence-corrected chi connectivity index (χ2v) is 11.2. The number of nitrogens with zero attached hydrogens (tertiary/aromatic N) is 3. The van der Waals surface area contributed by atoms with E-state index in [9.17, 15) is 23.1 Å². The van der Waals surface area contributed by atoms with E-state index in [0.717, 1.165) is 5.56 Å². The Morgan fingerprint density at radius 2 is 1.84 bits per heavy atom. The molecule has 2 amide bonds. The summed E-state index contributed by atoms with van der Waals surface area (Å²) < 4.78 is 41.2. The predicted molar refractivity (Wildman–Crippen MR) is 138 cm³/mol. The zero-order chi connectivity index (χ0) is 27.0. The summed E-state index contributed by atoms with van der Waals surface area (Å²) >= 11 is 0. The summed E-state index contributed by atoms with van der Waals surface area (Å²) in [5.41, 5.74) is 0.778. The first-order valence-corrected chi connectivity index (χ1v) is 13.9. The average Bonchev–Trinajstić information content (AvgIpc) is 3.32. The number of carbonyl (C=O) groups is 2. The van der Waals surface area contributed by atoms with Gasteiger partial charge in [-0.3, -0.25) is 9.59 Å². The van der Waals surface area contributed by atoms with Crippen molar-refractivity contribution < 1.29 is 32.6 Å². The van der Waals surface area contributed by atoms with Crippen LogP contribution in [0.3, 0.4) is 0 Å². The third-order valence-electron chi connectivity index (χ3n) is 6.83. The van der Waals surface area contributed by atoms with Gasteiger partial charge >= 0.3 is 0 Å². The highest BCUT2D eigenvalue weighted by molar-refractivity contribution is 7.91. The largest absolute Gasteiger partial charge is 0.509 e. The van der Waals surface area contributed by atoms with E-state index in [1.807, 2.05) is 44.2 Å². The third-order valence-corrected chi connectivity index (χ3v) is 8.19. The van der Waals surface area contributed by atoms with Crippen LogP contribution in [0, 0.1) is 5.92 Å². The maximum Gasteiger partial charge on any atom is 0.287 e. The zero-order valence-corrected chi connectivity index (χ0v) is 22.0. The molecule has 0 bridgehead atoms. The van der Waals surface area contributed by atoms with Crippen LogP contribution in [0.15, 0.2) is 69.2 Å². The van der Waals surface area contributed by atoms with Crippen molar-refractivity contribution in [3.8, 4) is 5.75 Å². The SMILES string of the molecule is CC(C)[C@H]1C(O)=C(C2=NS(=O)(=O)c3c(OCC(=O)N4CCOCC4)cccc32)C(=O)N1Cc1ccccc1. The number of benzene rings is 2. The third kappa shape index (κ3) is 4.67. The Balaban J connectivity index is 1.46. The first kappa shape index (κ1) is 25.9. The van der Waals surface area contributed by atoms with Gasteiger partial charge in [-0.2, -0.15) is 12.8 Å². The normalized spacial score (nSPS) is 20.7. The van der Waals surface area contributed by atoms with Gasteiger partial charge in [0.25, 0.3) is 21.8 Å². The summed E-state index contributed by atoms with van der Waals surface area (Å²) in [6, 6.07) is 13.3. The Morgan fingerprint density at radius 1 is 1.13 bits per heavy atom. The van der Waals surface area contributed by atoms with Crippen molar-refractivity contribution in [2.24, 2.45) is 10.3 Å². The van der Waals surface area contributed by atoms with E-state index in [-0.39, 0.29) is 58.2 Å². The van der Waals surface area contributed by atoms with Gasteiger partial charge in [-0.05, 0) is 17.5 Å². The summed E-state index contributed by atoms with van der Waals surface area (Å²) in [5, 5.41) is 11.2. The molecule has 0 spiro atoms. The second-order valence-electron chi connectivity index (χ2n) is 9.70. The maximum absolute atomic E-state index is 13.7. The topological polar surface area (TPSA) is 126 Å². The molecule has 1 atom stereocenters. The number of carbonyl (C=O) groups excluding carboxylic acids is 2. The first-order chi connectivity index (χ1) is 18.2. The van der Waals surface area contributed by atoms with Gasteiger partial charge in [0.1, 0.15) is 27.7 Å². The first-order valence-electron chi connectivity index (χ1n) is 12.4. The van der Waals surface area contributed by atoms with Crippen molar-refractivity contribution in [2.75, 3.05) is 32.9 Å². The lowest BCUT2D eigenvalue weighted by Crippen LogP contribution is -2.43. The molecule has 2 aromatic carbocycles. The standard InChI is InChI=1S/C27H29N3O7S/c1-17(2)24-25(32)22(27(33)30(24)15-18-7-4-3-5-8-18)23-19-9-6-10-20(26(19)38(34,35)28-23)37-16-21(31)29-11-13-36-14-12-29/h3-10,17,24,32H,11-16H2,1-2H3/t24-/m0/s1. The molecule has 2 aromatic rings. The summed E-state index contributed by atoms with van der Waals surface area (Å²) in [7, 11) is -4.25. The average molecular weight is 540 g/mol. The van der Waals surface area contributed by atoms with Gasteiger partial charge in [-0.1, -0.05) is 56.3 Å². The molecular weight excluding hydrogens is 510 g/mol. The number of morpholine rings is 1. The predicted octanol–water partition coefficient (Wildman–Crippen LogP) is 2.29. The highest BCUT2D eigenvalue weighted by Gasteiger charge is 2.46. The van der Waals surface area contributed by atoms with Crippen molar-refractivity contribution in [3.63, 3.8) is 0 Å². The van der Waals surface area contributed by atoms with E-state index in [1.165, 1.54) is 12.1 Å². The molecule has 11 heteroatoms. The van der Waals surface area contributed by atoms with E-state index in [0.29, 0.717) is 26.3 Å². The van der Waals surface area contributed by atoms with E-state index in [4.69, 9.17) is 9.47 Å². The molecule has 1 N–H and O–H groups in total. The molecule has 0 unspecified atom stereocenters. The van der Waals surface area contributed by atoms with E-state index in [1.54, 1.807) is 15.9 Å². The summed E-state index contributed by atoms with van der Waals surface area (Å²) in [4.78, 5) is 29.1. The smallest absolute Gasteiger partial charge is 0.287 e. The van der Waals surface area contributed by atoms with E-state index in [2.05, 4.69) is 4.40 Å². The van der Waals surface area contributed by atoms with Crippen LogP contribution in [0.2, 0.25) is 0 Å². The number of amides is 2. The maximum atomic E-state index is 13.7. The number of rotatable bonds is 7. The van der Waals surface area contributed by atoms with Crippen molar-refractivity contribution in [2.45, 2.75) is 31.3 Å². The van der Waals surface area contributed by atoms with Gasteiger partial charge in [0.05, 0.1) is 19.3 Å². The summed E-state index contributed by atoms with van der Waals surface area (Å²) in [5.74, 6) is -1.17. The Bertz CT molecular complexity index is 1430. The van der Waals surface area contributed by atoms with Crippen molar-refractivity contribution in [3.05, 3.63) is 71.0 Å². The highest BCUT2D eigenvalue weighted by Crippen LogP contribution is 2.40. The quantitative estimate of drug-likeness (QED) is 0.572. The van der Waals surface area contributed by atoms with Crippen molar-refractivity contribution >= 4 is 27.5 Å². The summed E-state index contributed by atoms with van der Waals surface area (Å²) in [6.07, 6.45) is 0. The molecular formula is C27H29N3O7S. The van der Waals surface area contributed by atoms with Crippen LogP contribution in [0.25, 0.3) is 0 Å². The van der Waals surface area contributed by atoms with Crippen LogP contribution in [-0.4, -0.2) is 79.8 Å². The van der Waals surface area contributed by atoms with Crippen LogP contribution in [0.5, 0.6) is 5.75 Å². The molecule has 5 rings (SSSR count).